The molecule has 0 fully saturated rings. The molecule has 1 aromatic carbocycles. The summed E-state index contributed by atoms with van der Waals surface area (Å²) in [6.45, 7) is 0. The van der Waals surface area contributed by atoms with Crippen molar-refractivity contribution in [2.75, 3.05) is 5.32 Å². The Morgan fingerprint density at radius 2 is 1.95 bits per heavy atom. The first-order valence-corrected chi connectivity index (χ1v) is 5.88. The van der Waals surface area contributed by atoms with Gasteiger partial charge in [0.15, 0.2) is 5.65 Å². The first-order chi connectivity index (χ1) is 9.78. The lowest BCUT2D eigenvalue weighted by molar-refractivity contribution is 0.102. The molecule has 0 aliphatic carbocycles. The topological polar surface area (TPSA) is 83.1 Å². The lowest BCUT2D eigenvalue weighted by Crippen LogP contribution is -2.16. The van der Waals surface area contributed by atoms with E-state index in [9.17, 15) is 4.79 Å². The van der Waals surface area contributed by atoms with Gasteiger partial charge < -0.3 is 5.32 Å². The van der Waals surface area contributed by atoms with Crippen molar-refractivity contribution >= 4 is 17.2 Å². The summed E-state index contributed by atoms with van der Waals surface area (Å²) in [5.74, 6) is -0.286. The van der Waals surface area contributed by atoms with E-state index in [1.807, 2.05) is 6.07 Å². The van der Waals surface area contributed by atoms with Gasteiger partial charge in [0, 0.05) is 18.0 Å². The fourth-order valence-electron chi connectivity index (χ4n) is 1.83. The molecule has 6 heteroatoms. The van der Waals surface area contributed by atoms with Gasteiger partial charge in [0.25, 0.3) is 5.91 Å². The van der Waals surface area contributed by atoms with E-state index in [0.29, 0.717) is 22.6 Å². The minimum atomic E-state index is -0.286. The fraction of sp³-hybridized carbons (Fsp3) is 0. The highest BCUT2D eigenvalue weighted by molar-refractivity contribution is 6.03. The van der Waals surface area contributed by atoms with Crippen LogP contribution < -0.4 is 5.32 Å². The number of carbonyl (C=O) groups excluding carboxylic acids is 1. The highest BCUT2D eigenvalue weighted by atomic mass is 16.2. The van der Waals surface area contributed by atoms with E-state index < -0.39 is 0 Å². The number of nitriles is 1. The van der Waals surface area contributed by atoms with E-state index in [1.165, 1.54) is 4.52 Å². The zero-order chi connectivity index (χ0) is 13.9. The summed E-state index contributed by atoms with van der Waals surface area (Å²) in [4.78, 5) is 16.3. The number of nitrogens with one attached hydrogen (secondary N) is 1. The van der Waals surface area contributed by atoms with Gasteiger partial charge in [-0.3, -0.25) is 4.79 Å². The highest BCUT2D eigenvalue weighted by Gasteiger charge is 2.11. The average Bonchev–Trinajstić information content (AvgIpc) is 2.96. The molecular weight excluding hydrogens is 254 g/mol. The van der Waals surface area contributed by atoms with Gasteiger partial charge in [-0.25, -0.2) is 9.50 Å². The summed E-state index contributed by atoms with van der Waals surface area (Å²) in [7, 11) is 0. The molecule has 20 heavy (non-hydrogen) atoms. The van der Waals surface area contributed by atoms with Crippen LogP contribution in [0.15, 0.2) is 48.8 Å². The molecule has 1 N–H and O–H groups in total. The normalized spacial score (nSPS) is 10.2. The van der Waals surface area contributed by atoms with Gasteiger partial charge >= 0.3 is 0 Å². The summed E-state index contributed by atoms with van der Waals surface area (Å²) in [6, 6.07) is 12.0. The Balaban J connectivity index is 1.89. The maximum absolute atomic E-state index is 12.2. The number of nitrogens with zero attached hydrogens (tertiary/aromatic N) is 4. The number of hydrogen-bond donors (Lipinski definition) is 1. The summed E-state index contributed by atoms with van der Waals surface area (Å²) in [5, 5.41) is 15.5. The summed E-state index contributed by atoms with van der Waals surface area (Å²) in [5.41, 5.74) is 2.16. The van der Waals surface area contributed by atoms with Crippen molar-refractivity contribution in [3.05, 3.63) is 60.0 Å². The van der Waals surface area contributed by atoms with Gasteiger partial charge in [0.1, 0.15) is 5.69 Å². The first kappa shape index (κ1) is 11.9. The first-order valence-electron chi connectivity index (χ1n) is 5.88. The van der Waals surface area contributed by atoms with Crippen LogP contribution in [0.1, 0.15) is 16.1 Å². The molecule has 0 bridgehead atoms. The number of aromatic nitrogens is 3. The minimum Gasteiger partial charge on any atom is -0.321 e. The van der Waals surface area contributed by atoms with Crippen LogP contribution in [0.3, 0.4) is 0 Å². The van der Waals surface area contributed by atoms with Crippen LogP contribution >= 0.6 is 0 Å². The summed E-state index contributed by atoms with van der Waals surface area (Å²) >= 11 is 0. The molecule has 0 saturated heterocycles. The fourth-order valence-corrected chi connectivity index (χ4v) is 1.83. The molecule has 0 spiro atoms. The number of carbonyl (C=O) groups is 1. The molecule has 0 unspecified atom stereocenters. The third kappa shape index (κ3) is 2.08. The molecule has 2 heterocycles. The Labute approximate surface area is 114 Å². The molecule has 0 aliphatic rings. The van der Waals surface area contributed by atoms with E-state index in [0.717, 1.165) is 0 Å². The van der Waals surface area contributed by atoms with Gasteiger partial charge in [-0.05, 0) is 30.3 Å². The monoisotopic (exact) mass is 263 g/mol. The predicted molar refractivity (Wildman–Crippen MR) is 72.1 cm³/mol. The third-order valence-corrected chi connectivity index (χ3v) is 2.79. The Bertz CT molecular complexity index is 813. The SMILES string of the molecule is N#Cc1ccc(NC(=O)c2ccnc3ccnn23)cc1. The molecule has 0 aliphatic heterocycles. The quantitative estimate of drug-likeness (QED) is 0.764. The Morgan fingerprint density at radius 1 is 1.15 bits per heavy atom. The van der Waals surface area contributed by atoms with Crippen LogP contribution in [0.5, 0.6) is 0 Å². The van der Waals surface area contributed by atoms with Crippen molar-refractivity contribution in [1.82, 2.24) is 14.6 Å². The molecule has 0 saturated carbocycles. The molecular formula is C14H9N5O. The van der Waals surface area contributed by atoms with Gasteiger partial charge in [0.05, 0.1) is 17.8 Å². The molecule has 96 valence electrons. The van der Waals surface area contributed by atoms with Crippen molar-refractivity contribution < 1.29 is 4.79 Å². The molecule has 3 rings (SSSR count). The largest absolute Gasteiger partial charge is 0.321 e. The number of rotatable bonds is 2. The van der Waals surface area contributed by atoms with Crippen LogP contribution in [-0.2, 0) is 0 Å². The Morgan fingerprint density at radius 3 is 2.70 bits per heavy atom. The second-order valence-corrected chi connectivity index (χ2v) is 4.07. The van der Waals surface area contributed by atoms with Crippen LogP contribution in [0.2, 0.25) is 0 Å². The Kier molecular flexibility index (Phi) is 2.86. The van der Waals surface area contributed by atoms with Crippen molar-refractivity contribution in [2.45, 2.75) is 0 Å². The molecule has 3 aromatic rings. The number of benzene rings is 1. The number of amides is 1. The van der Waals surface area contributed by atoms with Crippen LogP contribution in [0, 0.1) is 11.3 Å². The van der Waals surface area contributed by atoms with E-state index >= 15 is 0 Å². The summed E-state index contributed by atoms with van der Waals surface area (Å²) < 4.78 is 1.47. The van der Waals surface area contributed by atoms with Crippen LogP contribution in [-0.4, -0.2) is 20.5 Å². The minimum absolute atomic E-state index is 0.286. The van der Waals surface area contributed by atoms with E-state index in [2.05, 4.69) is 15.4 Å². The molecule has 6 nitrogen and oxygen atoms in total. The van der Waals surface area contributed by atoms with Crippen LogP contribution in [0.4, 0.5) is 5.69 Å². The maximum Gasteiger partial charge on any atom is 0.274 e. The number of fused-ring (bicyclic) bond motifs is 1. The number of anilines is 1. The van der Waals surface area contributed by atoms with E-state index in [4.69, 9.17) is 5.26 Å². The zero-order valence-electron chi connectivity index (χ0n) is 10.3. The molecule has 1 amide bonds. The summed E-state index contributed by atoms with van der Waals surface area (Å²) in [6.07, 6.45) is 3.14. The molecule has 2 aromatic heterocycles. The standard InChI is InChI=1S/C14H9N5O/c15-9-10-1-3-11(4-2-10)18-14(20)12-5-7-16-13-6-8-17-19(12)13/h1-8H,(H,18,20). The van der Waals surface area contributed by atoms with E-state index in [1.54, 1.807) is 48.8 Å². The number of hydrogen-bond acceptors (Lipinski definition) is 4. The lowest BCUT2D eigenvalue weighted by Gasteiger charge is -2.06. The van der Waals surface area contributed by atoms with Crippen molar-refractivity contribution in [3.8, 4) is 6.07 Å². The van der Waals surface area contributed by atoms with Gasteiger partial charge in [-0.15, -0.1) is 0 Å². The second-order valence-electron chi connectivity index (χ2n) is 4.07. The molecule has 0 radical (unpaired) electrons. The Hall–Kier alpha value is -3.20. The maximum atomic E-state index is 12.2. The lowest BCUT2D eigenvalue weighted by atomic mass is 10.2. The van der Waals surface area contributed by atoms with Crippen LogP contribution in [0.25, 0.3) is 5.65 Å². The predicted octanol–water partition coefficient (Wildman–Crippen LogP) is 1.85. The second kappa shape index (κ2) is 4.82. The smallest absolute Gasteiger partial charge is 0.274 e. The molecule has 0 atom stereocenters. The van der Waals surface area contributed by atoms with E-state index in [-0.39, 0.29) is 5.91 Å². The van der Waals surface area contributed by atoms with Gasteiger partial charge in [-0.1, -0.05) is 0 Å². The zero-order valence-corrected chi connectivity index (χ0v) is 10.3. The average molecular weight is 263 g/mol. The van der Waals surface area contributed by atoms with Gasteiger partial charge in [0.2, 0.25) is 0 Å². The highest BCUT2D eigenvalue weighted by Crippen LogP contribution is 2.11. The van der Waals surface area contributed by atoms with Gasteiger partial charge in [-0.2, -0.15) is 10.4 Å². The van der Waals surface area contributed by atoms with Crippen molar-refractivity contribution in [3.63, 3.8) is 0 Å². The van der Waals surface area contributed by atoms with Crippen molar-refractivity contribution in [1.29, 1.82) is 5.26 Å². The van der Waals surface area contributed by atoms with Crippen molar-refractivity contribution in [2.24, 2.45) is 0 Å². The third-order valence-electron chi connectivity index (χ3n) is 2.79.